The lowest BCUT2D eigenvalue weighted by atomic mass is 10.2. The van der Waals surface area contributed by atoms with Crippen molar-refractivity contribution in [2.45, 2.75) is 6.92 Å². The van der Waals surface area contributed by atoms with Gasteiger partial charge in [-0.1, -0.05) is 29.8 Å². The number of aromatic nitrogens is 2. The smallest absolute Gasteiger partial charge is 0.229 e. The third-order valence-electron chi connectivity index (χ3n) is 3.24. The Kier molecular flexibility index (Phi) is 4.59. The lowest BCUT2D eigenvalue weighted by molar-refractivity contribution is 1.11. The molecule has 0 aliphatic heterocycles. The highest BCUT2D eigenvalue weighted by atomic mass is 35.5. The predicted octanol–water partition coefficient (Wildman–Crippen LogP) is 4.80. The van der Waals surface area contributed by atoms with Crippen LogP contribution in [-0.2, 0) is 0 Å². The van der Waals surface area contributed by atoms with E-state index in [0.29, 0.717) is 22.4 Å². The van der Waals surface area contributed by atoms with Crippen LogP contribution in [0.3, 0.4) is 0 Å². The van der Waals surface area contributed by atoms with Crippen LogP contribution in [0.4, 0.5) is 23.1 Å². The van der Waals surface area contributed by atoms with Crippen molar-refractivity contribution in [3.8, 4) is 6.07 Å². The van der Waals surface area contributed by atoms with Crippen LogP contribution in [0.15, 0.2) is 54.6 Å². The number of hydrogen-bond acceptors (Lipinski definition) is 5. The van der Waals surface area contributed by atoms with Crippen LogP contribution >= 0.6 is 11.6 Å². The molecule has 1 heterocycles. The van der Waals surface area contributed by atoms with Gasteiger partial charge in [-0.3, -0.25) is 0 Å². The first kappa shape index (κ1) is 15.8. The second kappa shape index (κ2) is 6.99. The molecule has 0 atom stereocenters. The van der Waals surface area contributed by atoms with Gasteiger partial charge in [0.15, 0.2) is 0 Å². The summed E-state index contributed by atoms with van der Waals surface area (Å²) in [5.41, 5.74) is 2.91. The maximum atomic E-state index is 8.98. The van der Waals surface area contributed by atoms with E-state index >= 15 is 0 Å². The van der Waals surface area contributed by atoms with Crippen LogP contribution in [-0.4, -0.2) is 9.97 Å². The molecule has 1 aromatic heterocycles. The van der Waals surface area contributed by atoms with Crippen molar-refractivity contribution >= 4 is 34.7 Å². The van der Waals surface area contributed by atoms with E-state index < -0.39 is 0 Å². The number of hydrogen-bond donors (Lipinski definition) is 2. The zero-order valence-electron chi connectivity index (χ0n) is 12.9. The Morgan fingerprint density at radius 3 is 2.62 bits per heavy atom. The first-order valence-electron chi connectivity index (χ1n) is 7.28. The van der Waals surface area contributed by atoms with Crippen molar-refractivity contribution in [1.82, 2.24) is 9.97 Å². The van der Waals surface area contributed by atoms with E-state index in [9.17, 15) is 0 Å². The summed E-state index contributed by atoms with van der Waals surface area (Å²) < 4.78 is 0. The summed E-state index contributed by atoms with van der Waals surface area (Å²) in [6.07, 6.45) is 0. The van der Waals surface area contributed by atoms with Gasteiger partial charge in [0.25, 0.3) is 0 Å². The minimum atomic E-state index is 0.446. The highest BCUT2D eigenvalue weighted by Crippen LogP contribution is 2.24. The van der Waals surface area contributed by atoms with E-state index in [2.05, 4.69) is 26.7 Å². The number of anilines is 4. The molecule has 0 aliphatic rings. The van der Waals surface area contributed by atoms with Crippen molar-refractivity contribution in [2.75, 3.05) is 10.6 Å². The fraction of sp³-hybridized carbons (Fsp3) is 0.0556. The number of rotatable bonds is 4. The van der Waals surface area contributed by atoms with Gasteiger partial charge in [0, 0.05) is 17.4 Å². The molecule has 2 aromatic carbocycles. The molecule has 118 valence electrons. The number of nitriles is 1. The Morgan fingerprint density at radius 2 is 1.83 bits per heavy atom. The van der Waals surface area contributed by atoms with Crippen molar-refractivity contribution in [1.29, 1.82) is 5.26 Å². The highest BCUT2D eigenvalue weighted by Gasteiger charge is 2.06. The van der Waals surface area contributed by atoms with Gasteiger partial charge in [-0.25, -0.2) is 4.98 Å². The highest BCUT2D eigenvalue weighted by molar-refractivity contribution is 6.33. The van der Waals surface area contributed by atoms with Crippen molar-refractivity contribution in [3.05, 3.63) is 70.9 Å². The van der Waals surface area contributed by atoms with Crippen molar-refractivity contribution in [3.63, 3.8) is 0 Å². The van der Waals surface area contributed by atoms with E-state index in [1.165, 1.54) is 0 Å². The fourth-order valence-corrected chi connectivity index (χ4v) is 2.37. The van der Waals surface area contributed by atoms with E-state index in [1.54, 1.807) is 18.2 Å². The minimum Gasteiger partial charge on any atom is -0.340 e. The van der Waals surface area contributed by atoms with Crippen molar-refractivity contribution < 1.29 is 0 Å². The third kappa shape index (κ3) is 3.80. The molecule has 3 aromatic rings. The Labute approximate surface area is 145 Å². The average molecular weight is 336 g/mol. The summed E-state index contributed by atoms with van der Waals surface area (Å²) in [6.45, 7) is 1.89. The Hall–Kier alpha value is -3.10. The Bertz CT molecular complexity index is 917. The predicted molar refractivity (Wildman–Crippen MR) is 95.9 cm³/mol. The topological polar surface area (TPSA) is 73.6 Å². The zero-order valence-corrected chi connectivity index (χ0v) is 13.7. The van der Waals surface area contributed by atoms with Crippen LogP contribution in [0.5, 0.6) is 0 Å². The summed E-state index contributed by atoms with van der Waals surface area (Å²) in [5, 5.41) is 15.9. The van der Waals surface area contributed by atoms with Crippen molar-refractivity contribution in [2.24, 2.45) is 0 Å². The molecule has 2 N–H and O–H groups in total. The molecule has 0 saturated carbocycles. The third-order valence-corrected chi connectivity index (χ3v) is 3.57. The lowest BCUT2D eigenvalue weighted by Gasteiger charge is -2.11. The van der Waals surface area contributed by atoms with Gasteiger partial charge < -0.3 is 10.6 Å². The largest absolute Gasteiger partial charge is 0.340 e. The number of nitrogens with zero attached hydrogens (tertiary/aromatic N) is 3. The van der Waals surface area contributed by atoms with Gasteiger partial charge in [0.1, 0.15) is 5.82 Å². The van der Waals surface area contributed by atoms with Crippen LogP contribution in [0.25, 0.3) is 0 Å². The molecule has 24 heavy (non-hydrogen) atoms. The molecule has 0 spiro atoms. The minimum absolute atomic E-state index is 0.446. The lowest BCUT2D eigenvalue weighted by Crippen LogP contribution is -2.02. The number of benzene rings is 2. The fourth-order valence-electron chi connectivity index (χ4n) is 2.19. The molecule has 0 fully saturated rings. The molecular formula is C18H14ClN5. The first-order valence-corrected chi connectivity index (χ1v) is 7.66. The summed E-state index contributed by atoms with van der Waals surface area (Å²) in [6, 6.07) is 18.6. The molecule has 0 unspecified atom stereocenters. The molecule has 0 aliphatic carbocycles. The molecular weight excluding hydrogens is 322 g/mol. The molecule has 6 heteroatoms. The molecule has 0 radical (unpaired) electrons. The number of para-hydroxylation sites is 1. The van der Waals surface area contributed by atoms with Gasteiger partial charge in [-0.05, 0) is 37.3 Å². The van der Waals surface area contributed by atoms with E-state index in [-0.39, 0.29) is 0 Å². The van der Waals surface area contributed by atoms with Crippen LogP contribution in [0.1, 0.15) is 11.3 Å². The van der Waals surface area contributed by atoms with Gasteiger partial charge >= 0.3 is 0 Å². The van der Waals surface area contributed by atoms with E-state index in [4.69, 9.17) is 16.9 Å². The maximum absolute atomic E-state index is 8.98. The first-order chi connectivity index (χ1) is 11.6. The Balaban J connectivity index is 1.86. The summed E-state index contributed by atoms with van der Waals surface area (Å²) >= 11 is 6.15. The monoisotopic (exact) mass is 335 g/mol. The normalized spacial score (nSPS) is 10.0. The summed E-state index contributed by atoms with van der Waals surface area (Å²) in [7, 11) is 0. The molecule has 0 saturated heterocycles. The number of halogens is 1. The van der Waals surface area contributed by atoms with E-state index in [0.717, 1.165) is 17.1 Å². The molecule has 0 bridgehead atoms. The van der Waals surface area contributed by atoms with Gasteiger partial charge in [-0.2, -0.15) is 10.2 Å². The molecule has 5 nitrogen and oxygen atoms in total. The number of nitrogens with one attached hydrogen (secondary N) is 2. The summed E-state index contributed by atoms with van der Waals surface area (Å²) in [4.78, 5) is 8.82. The van der Waals surface area contributed by atoms with Crippen LogP contribution < -0.4 is 10.6 Å². The summed E-state index contributed by atoms with van der Waals surface area (Å²) in [5.74, 6) is 1.08. The van der Waals surface area contributed by atoms with Crippen LogP contribution in [0.2, 0.25) is 5.02 Å². The maximum Gasteiger partial charge on any atom is 0.229 e. The number of aryl methyl sites for hydroxylation is 1. The Morgan fingerprint density at radius 1 is 1.00 bits per heavy atom. The second-order valence-electron chi connectivity index (χ2n) is 5.14. The molecule has 0 amide bonds. The van der Waals surface area contributed by atoms with Gasteiger partial charge in [0.2, 0.25) is 5.95 Å². The quantitative estimate of drug-likeness (QED) is 0.716. The second-order valence-corrected chi connectivity index (χ2v) is 5.55. The van der Waals surface area contributed by atoms with Gasteiger partial charge in [0.05, 0.1) is 22.3 Å². The van der Waals surface area contributed by atoms with Crippen LogP contribution in [0, 0.1) is 18.3 Å². The zero-order chi connectivity index (χ0) is 16.9. The standard InChI is InChI=1S/C18H14ClN5/c1-12-9-17(22-14-6-4-5-13(10-14)11-20)24-18(21-12)23-16-8-3-2-7-15(16)19/h2-10H,1H3,(H2,21,22,23,24). The SMILES string of the molecule is Cc1cc(Nc2cccc(C#N)c2)nc(Nc2ccccc2Cl)n1. The van der Waals surface area contributed by atoms with Gasteiger partial charge in [-0.15, -0.1) is 0 Å². The van der Waals surface area contributed by atoms with E-state index in [1.807, 2.05) is 43.3 Å². The molecule has 3 rings (SSSR count). The average Bonchev–Trinajstić information content (AvgIpc) is 2.56.